The van der Waals surface area contributed by atoms with Crippen LogP contribution in [0.2, 0.25) is 0 Å². The summed E-state index contributed by atoms with van der Waals surface area (Å²) in [7, 11) is 6.47. The van der Waals surface area contributed by atoms with E-state index in [1.54, 1.807) is 63.6 Å². The summed E-state index contributed by atoms with van der Waals surface area (Å²) in [6.07, 6.45) is 3.25. The molecule has 0 aliphatic heterocycles. The van der Waals surface area contributed by atoms with Crippen LogP contribution in [0.1, 0.15) is 21.5 Å². The van der Waals surface area contributed by atoms with Gasteiger partial charge in [0.2, 0.25) is 5.91 Å². The number of methoxy groups -OCH3 is 2. The zero-order chi connectivity index (χ0) is 19.8. The molecule has 2 amide bonds. The molecule has 0 heterocycles. The summed E-state index contributed by atoms with van der Waals surface area (Å²) in [4.78, 5) is 25.5. The molecule has 0 fully saturated rings. The average Bonchev–Trinajstić information content (AvgIpc) is 2.71. The van der Waals surface area contributed by atoms with Crippen LogP contribution in [0.15, 0.2) is 48.5 Å². The third kappa shape index (κ3) is 5.34. The van der Waals surface area contributed by atoms with Crippen LogP contribution in [0, 0.1) is 0 Å². The Morgan fingerprint density at radius 1 is 1.04 bits per heavy atom. The zero-order valence-electron chi connectivity index (χ0n) is 16.0. The zero-order valence-corrected chi connectivity index (χ0v) is 16.0. The Hall–Kier alpha value is -3.28. The van der Waals surface area contributed by atoms with E-state index in [0.717, 1.165) is 11.1 Å². The van der Waals surface area contributed by atoms with E-state index in [4.69, 9.17) is 9.47 Å². The van der Waals surface area contributed by atoms with Crippen LogP contribution in [0.3, 0.4) is 0 Å². The van der Waals surface area contributed by atoms with Crippen molar-refractivity contribution in [1.82, 2.24) is 10.2 Å². The van der Waals surface area contributed by atoms with Gasteiger partial charge in [0.05, 0.1) is 14.2 Å². The average molecular weight is 368 g/mol. The first-order valence-corrected chi connectivity index (χ1v) is 8.44. The SMILES string of the molecule is CNC(=O)c1ccc(CN(C)C(=O)/C=C/c2ccc(OC)c(OC)c2)cc1. The van der Waals surface area contributed by atoms with E-state index in [-0.39, 0.29) is 11.8 Å². The first-order valence-electron chi connectivity index (χ1n) is 8.44. The number of carbonyl (C=O) groups excluding carboxylic acids is 2. The van der Waals surface area contributed by atoms with Crippen molar-refractivity contribution in [3.63, 3.8) is 0 Å². The lowest BCUT2D eigenvalue weighted by molar-refractivity contribution is -0.125. The van der Waals surface area contributed by atoms with Gasteiger partial charge < -0.3 is 19.7 Å². The molecule has 0 saturated heterocycles. The Kier molecular flexibility index (Phi) is 7.00. The highest BCUT2D eigenvalue weighted by molar-refractivity contribution is 5.94. The second kappa shape index (κ2) is 9.43. The van der Waals surface area contributed by atoms with E-state index < -0.39 is 0 Å². The third-order valence-corrected chi connectivity index (χ3v) is 4.07. The van der Waals surface area contributed by atoms with Crippen LogP contribution in [-0.2, 0) is 11.3 Å². The normalized spacial score (nSPS) is 10.5. The molecule has 0 radical (unpaired) electrons. The Balaban J connectivity index is 2.00. The molecule has 27 heavy (non-hydrogen) atoms. The Labute approximate surface area is 159 Å². The minimum absolute atomic E-state index is 0.125. The number of nitrogens with zero attached hydrogens (tertiary/aromatic N) is 1. The number of amides is 2. The van der Waals surface area contributed by atoms with Crippen LogP contribution in [0.4, 0.5) is 0 Å². The minimum atomic E-state index is -0.135. The molecule has 0 aromatic heterocycles. The summed E-state index contributed by atoms with van der Waals surface area (Å²) < 4.78 is 10.5. The molecule has 0 bridgehead atoms. The molecule has 6 heteroatoms. The van der Waals surface area contributed by atoms with E-state index in [9.17, 15) is 9.59 Å². The predicted octanol–water partition coefficient (Wildman–Crippen LogP) is 2.74. The van der Waals surface area contributed by atoms with Gasteiger partial charge in [-0.2, -0.15) is 0 Å². The second-order valence-corrected chi connectivity index (χ2v) is 5.92. The van der Waals surface area contributed by atoms with Crippen molar-refractivity contribution in [2.75, 3.05) is 28.3 Å². The predicted molar refractivity (Wildman–Crippen MR) is 105 cm³/mol. The van der Waals surface area contributed by atoms with Crippen molar-refractivity contribution in [3.05, 3.63) is 65.2 Å². The van der Waals surface area contributed by atoms with Crippen molar-refractivity contribution in [3.8, 4) is 11.5 Å². The maximum Gasteiger partial charge on any atom is 0.251 e. The molecule has 2 aromatic carbocycles. The van der Waals surface area contributed by atoms with Crippen molar-refractivity contribution >= 4 is 17.9 Å². The first kappa shape index (κ1) is 20.0. The number of benzene rings is 2. The fourth-order valence-electron chi connectivity index (χ4n) is 2.51. The molecule has 2 rings (SSSR count). The van der Waals surface area contributed by atoms with Crippen LogP contribution < -0.4 is 14.8 Å². The van der Waals surface area contributed by atoms with Gasteiger partial charge in [-0.3, -0.25) is 9.59 Å². The fraction of sp³-hybridized carbons (Fsp3) is 0.238. The van der Waals surface area contributed by atoms with Gasteiger partial charge in [0.1, 0.15) is 0 Å². The fourth-order valence-corrected chi connectivity index (χ4v) is 2.51. The summed E-state index contributed by atoms with van der Waals surface area (Å²) in [5.41, 5.74) is 2.37. The lowest BCUT2D eigenvalue weighted by atomic mass is 10.1. The van der Waals surface area contributed by atoms with Gasteiger partial charge in [0.25, 0.3) is 5.91 Å². The molecule has 0 aliphatic rings. The molecular formula is C21H24N2O4. The van der Waals surface area contributed by atoms with E-state index in [1.165, 1.54) is 6.08 Å². The van der Waals surface area contributed by atoms with E-state index in [2.05, 4.69) is 5.32 Å². The standard InChI is InChI=1S/C21H24N2O4/c1-22-21(25)17-9-5-16(6-10-17)14-23(2)20(24)12-8-15-7-11-18(26-3)19(13-15)27-4/h5-13H,14H2,1-4H3,(H,22,25)/b12-8+. The summed E-state index contributed by atoms with van der Waals surface area (Å²) in [6.45, 7) is 0.448. The lowest BCUT2D eigenvalue weighted by Crippen LogP contribution is -2.24. The van der Waals surface area contributed by atoms with Crippen LogP contribution in [0.25, 0.3) is 6.08 Å². The summed E-state index contributed by atoms with van der Waals surface area (Å²) in [5.74, 6) is 0.985. The number of likely N-dealkylation sites (N-methyl/N-ethyl adjacent to an activating group) is 1. The topological polar surface area (TPSA) is 67.9 Å². The Bertz CT molecular complexity index is 829. The smallest absolute Gasteiger partial charge is 0.251 e. The second-order valence-electron chi connectivity index (χ2n) is 5.92. The number of hydrogen-bond donors (Lipinski definition) is 1. The lowest BCUT2D eigenvalue weighted by Gasteiger charge is -2.15. The molecule has 2 aromatic rings. The van der Waals surface area contributed by atoms with Gasteiger partial charge in [-0.15, -0.1) is 0 Å². The summed E-state index contributed by atoms with van der Waals surface area (Å²) >= 11 is 0. The number of carbonyl (C=O) groups is 2. The van der Waals surface area contributed by atoms with Crippen molar-refractivity contribution < 1.29 is 19.1 Å². The number of nitrogens with one attached hydrogen (secondary N) is 1. The molecule has 0 atom stereocenters. The summed E-state index contributed by atoms with van der Waals surface area (Å²) in [6, 6.07) is 12.6. The van der Waals surface area contributed by atoms with Gasteiger partial charge in [0, 0.05) is 32.3 Å². The van der Waals surface area contributed by atoms with Crippen LogP contribution >= 0.6 is 0 Å². The van der Waals surface area contributed by atoms with Gasteiger partial charge in [0.15, 0.2) is 11.5 Å². The molecule has 142 valence electrons. The molecule has 6 nitrogen and oxygen atoms in total. The maximum absolute atomic E-state index is 12.3. The minimum Gasteiger partial charge on any atom is -0.493 e. The third-order valence-electron chi connectivity index (χ3n) is 4.07. The number of hydrogen-bond acceptors (Lipinski definition) is 4. The highest BCUT2D eigenvalue weighted by atomic mass is 16.5. The van der Waals surface area contributed by atoms with Crippen molar-refractivity contribution in [2.24, 2.45) is 0 Å². The van der Waals surface area contributed by atoms with Crippen molar-refractivity contribution in [2.45, 2.75) is 6.54 Å². The number of ether oxygens (including phenoxy) is 2. The van der Waals surface area contributed by atoms with Gasteiger partial charge >= 0.3 is 0 Å². The van der Waals surface area contributed by atoms with E-state index in [0.29, 0.717) is 23.6 Å². The Morgan fingerprint density at radius 2 is 1.70 bits per heavy atom. The highest BCUT2D eigenvalue weighted by Gasteiger charge is 2.08. The molecule has 0 spiro atoms. The van der Waals surface area contributed by atoms with Gasteiger partial charge in [-0.05, 0) is 41.5 Å². The molecule has 0 unspecified atom stereocenters. The largest absolute Gasteiger partial charge is 0.493 e. The maximum atomic E-state index is 12.3. The van der Waals surface area contributed by atoms with Gasteiger partial charge in [-0.1, -0.05) is 18.2 Å². The Morgan fingerprint density at radius 3 is 2.30 bits per heavy atom. The molecule has 0 saturated carbocycles. The van der Waals surface area contributed by atoms with Crippen LogP contribution in [-0.4, -0.2) is 45.0 Å². The molecular weight excluding hydrogens is 344 g/mol. The summed E-state index contributed by atoms with van der Waals surface area (Å²) in [5, 5.41) is 2.58. The first-order chi connectivity index (χ1) is 13.0. The number of rotatable bonds is 7. The van der Waals surface area contributed by atoms with Crippen molar-refractivity contribution in [1.29, 1.82) is 0 Å². The van der Waals surface area contributed by atoms with E-state index >= 15 is 0 Å². The molecule has 0 aliphatic carbocycles. The monoisotopic (exact) mass is 368 g/mol. The van der Waals surface area contributed by atoms with Gasteiger partial charge in [-0.25, -0.2) is 0 Å². The quantitative estimate of drug-likeness (QED) is 0.763. The highest BCUT2D eigenvalue weighted by Crippen LogP contribution is 2.27. The van der Waals surface area contributed by atoms with Crippen LogP contribution in [0.5, 0.6) is 11.5 Å². The molecule has 1 N–H and O–H groups in total. The van der Waals surface area contributed by atoms with E-state index in [1.807, 2.05) is 18.2 Å².